The summed E-state index contributed by atoms with van der Waals surface area (Å²) in [5, 5.41) is 12.7. The maximum atomic E-state index is 9.24. The summed E-state index contributed by atoms with van der Waals surface area (Å²) < 4.78 is 0. The Morgan fingerprint density at radius 2 is 2.05 bits per heavy atom. The van der Waals surface area contributed by atoms with Crippen molar-refractivity contribution in [3.05, 3.63) is 29.8 Å². The molecule has 1 heterocycles. The SMILES string of the molecule is CC(C)c1ccc(N2CCCNCC2CCO)cc1. The maximum absolute atomic E-state index is 9.24. The fraction of sp³-hybridized carbons (Fsp3) is 0.625. The first-order chi connectivity index (χ1) is 9.22. The van der Waals surface area contributed by atoms with E-state index in [2.05, 4.69) is 48.3 Å². The van der Waals surface area contributed by atoms with Crippen LogP contribution in [0.5, 0.6) is 0 Å². The van der Waals surface area contributed by atoms with E-state index < -0.39 is 0 Å². The first kappa shape index (κ1) is 14.4. The van der Waals surface area contributed by atoms with Gasteiger partial charge in [-0.2, -0.15) is 0 Å². The van der Waals surface area contributed by atoms with Crippen molar-refractivity contribution in [3.63, 3.8) is 0 Å². The van der Waals surface area contributed by atoms with E-state index in [9.17, 15) is 5.11 Å². The van der Waals surface area contributed by atoms with E-state index in [-0.39, 0.29) is 6.61 Å². The molecule has 2 rings (SSSR count). The smallest absolute Gasteiger partial charge is 0.0451 e. The average molecular weight is 262 g/mol. The highest BCUT2D eigenvalue weighted by molar-refractivity contribution is 5.49. The van der Waals surface area contributed by atoms with E-state index >= 15 is 0 Å². The van der Waals surface area contributed by atoms with Gasteiger partial charge in [0.25, 0.3) is 0 Å². The Hall–Kier alpha value is -1.06. The number of nitrogens with zero attached hydrogens (tertiary/aromatic N) is 1. The van der Waals surface area contributed by atoms with E-state index in [0.717, 1.165) is 32.5 Å². The number of rotatable bonds is 4. The van der Waals surface area contributed by atoms with Crippen molar-refractivity contribution >= 4 is 5.69 Å². The molecule has 3 nitrogen and oxygen atoms in total. The third-order valence-corrected chi connectivity index (χ3v) is 3.93. The van der Waals surface area contributed by atoms with Gasteiger partial charge in [0.05, 0.1) is 0 Å². The van der Waals surface area contributed by atoms with Crippen LogP contribution in [0.25, 0.3) is 0 Å². The summed E-state index contributed by atoms with van der Waals surface area (Å²) in [5.41, 5.74) is 2.67. The molecule has 0 amide bonds. The van der Waals surface area contributed by atoms with Gasteiger partial charge in [0, 0.05) is 31.4 Å². The molecule has 1 fully saturated rings. The first-order valence-electron chi connectivity index (χ1n) is 7.40. The fourth-order valence-electron chi connectivity index (χ4n) is 2.73. The molecule has 0 saturated carbocycles. The molecular formula is C16H26N2O. The van der Waals surface area contributed by atoms with Gasteiger partial charge < -0.3 is 15.3 Å². The average Bonchev–Trinajstić information content (AvgIpc) is 2.65. The van der Waals surface area contributed by atoms with Crippen LogP contribution in [0.4, 0.5) is 5.69 Å². The topological polar surface area (TPSA) is 35.5 Å². The Morgan fingerprint density at radius 3 is 2.68 bits per heavy atom. The number of aliphatic hydroxyl groups is 1. The Labute approximate surface area is 116 Å². The molecule has 19 heavy (non-hydrogen) atoms. The number of hydrogen-bond donors (Lipinski definition) is 2. The van der Waals surface area contributed by atoms with Gasteiger partial charge in [-0.3, -0.25) is 0 Å². The lowest BCUT2D eigenvalue weighted by Gasteiger charge is -2.31. The molecular weight excluding hydrogens is 236 g/mol. The zero-order valence-corrected chi connectivity index (χ0v) is 12.1. The van der Waals surface area contributed by atoms with Crippen LogP contribution in [0.3, 0.4) is 0 Å². The molecule has 1 aromatic rings. The minimum absolute atomic E-state index is 0.257. The van der Waals surface area contributed by atoms with Crippen LogP contribution in [0, 0.1) is 0 Å². The molecule has 1 unspecified atom stereocenters. The molecule has 0 aromatic heterocycles. The Kier molecular flexibility index (Phi) is 5.23. The largest absolute Gasteiger partial charge is 0.396 e. The van der Waals surface area contributed by atoms with Crippen molar-refractivity contribution in [1.82, 2.24) is 5.32 Å². The monoisotopic (exact) mass is 262 g/mol. The number of benzene rings is 1. The lowest BCUT2D eigenvalue weighted by Crippen LogP contribution is -2.40. The summed E-state index contributed by atoms with van der Waals surface area (Å²) in [6.45, 7) is 7.81. The zero-order chi connectivity index (χ0) is 13.7. The highest BCUT2D eigenvalue weighted by Crippen LogP contribution is 2.23. The molecule has 0 bridgehead atoms. The number of nitrogens with one attached hydrogen (secondary N) is 1. The standard InChI is InChI=1S/C16H26N2O/c1-13(2)14-4-6-15(7-5-14)18-10-3-9-17-12-16(18)8-11-19/h4-7,13,16-17,19H,3,8-12H2,1-2H3. The summed E-state index contributed by atoms with van der Waals surface area (Å²) in [4.78, 5) is 2.44. The molecule has 2 N–H and O–H groups in total. The van der Waals surface area contributed by atoms with Crippen LogP contribution >= 0.6 is 0 Å². The molecule has 1 saturated heterocycles. The summed E-state index contributed by atoms with van der Waals surface area (Å²) >= 11 is 0. The van der Waals surface area contributed by atoms with Gasteiger partial charge in [-0.05, 0) is 43.0 Å². The highest BCUT2D eigenvalue weighted by Gasteiger charge is 2.20. The molecule has 1 aromatic carbocycles. The van der Waals surface area contributed by atoms with Gasteiger partial charge in [0.1, 0.15) is 0 Å². The second-order valence-electron chi connectivity index (χ2n) is 5.66. The molecule has 1 aliphatic heterocycles. The third-order valence-electron chi connectivity index (χ3n) is 3.93. The van der Waals surface area contributed by atoms with Gasteiger partial charge in [-0.15, -0.1) is 0 Å². The molecule has 0 spiro atoms. The lowest BCUT2D eigenvalue weighted by molar-refractivity contribution is 0.273. The van der Waals surface area contributed by atoms with Crippen LogP contribution in [-0.4, -0.2) is 37.4 Å². The predicted octanol–water partition coefficient (Wildman–Crippen LogP) is 2.36. The molecule has 3 heteroatoms. The van der Waals surface area contributed by atoms with Crippen molar-refractivity contribution < 1.29 is 5.11 Å². The van der Waals surface area contributed by atoms with Crippen LogP contribution in [0.1, 0.15) is 38.2 Å². The number of hydrogen-bond acceptors (Lipinski definition) is 3. The van der Waals surface area contributed by atoms with E-state index in [4.69, 9.17) is 0 Å². The van der Waals surface area contributed by atoms with Crippen LogP contribution < -0.4 is 10.2 Å². The van der Waals surface area contributed by atoms with Gasteiger partial charge in [0.2, 0.25) is 0 Å². The Balaban J connectivity index is 2.15. The first-order valence-corrected chi connectivity index (χ1v) is 7.40. The predicted molar refractivity (Wildman–Crippen MR) is 80.9 cm³/mol. The lowest BCUT2D eigenvalue weighted by atomic mass is 10.0. The van der Waals surface area contributed by atoms with E-state index in [1.54, 1.807) is 0 Å². The van der Waals surface area contributed by atoms with E-state index in [1.165, 1.54) is 11.3 Å². The molecule has 1 aliphatic rings. The second-order valence-corrected chi connectivity index (χ2v) is 5.66. The molecule has 1 atom stereocenters. The minimum atomic E-state index is 0.257. The normalized spacial score (nSPS) is 20.6. The van der Waals surface area contributed by atoms with Gasteiger partial charge in [-0.1, -0.05) is 26.0 Å². The van der Waals surface area contributed by atoms with Crippen LogP contribution in [0.2, 0.25) is 0 Å². The van der Waals surface area contributed by atoms with Crippen LogP contribution in [-0.2, 0) is 0 Å². The van der Waals surface area contributed by atoms with Crippen molar-refractivity contribution in [3.8, 4) is 0 Å². The second kappa shape index (κ2) is 6.92. The number of aliphatic hydroxyl groups excluding tert-OH is 1. The van der Waals surface area contributed by atoms with Gasteiger partial charge >= 0.3 is 0 Å². The fourth-order valence-corrected chi connectivity index (χ4v) is 2.73. The summed E-state index contributed by atoms with van der Waals surface area (Å²) in [5.74, 6) is 0.577. The summed E-state index contributed by atoms with van der Waals surface area (Å²) in [6, 6.07) is 9.32. The molecule has 0 radical (unpaired) electrons. The van der Waals surface area contributed by atoms with Crippen molar-refractivity contribution in [1.29, 1.82) is 0 Å². The van der Waals surface area contributed by atoms with Crippen molar-refractivity contribution in [2.75, 3.05) is 31.1 Å². The zero-order valence-electron chi connectivity index (χ0n) is 12.1. The Morgan fingerprint density at radius 1 is 1.32 bits per heavy atom. The Bertz CT molecular complexity index is 375. The molecule has 0 aliphatic carbocycles. The quantitative estimate of drug-likeness (QED) is 0.874. The summed E-state index contributed by atoms with van der Waals surface area (Å²) in [6.07, 6.45) is 1.99. The number of anilines is 1. The van der Waals surface area contributed by atoms with Crippen molar-refractivity contribution in [2.24, 2.45) is 0 Å². The van der Waals surface area contributed by atoms with Gasteiger partial charge in [0.15, 0.2) is 0 Å². The third kappa shape index (κ3) is 3.71. The minimum Gasteiger partial charge on any atom is -0.396 e. The van der Waals surface area contributed by atoms with Gasteiger partial charge in [-0.25, -0.2) is 0 Å². The maximum Gasteiger partial charge on any atom is 0.0451 e. The van der Waals surface area contributed by atoms with Crippen molar-refractivity contribution in [2.45, 2.75) is 38.6 Å². The highest BCUT2D eigenvalue weighted by atomic mass is 16.3. The molecule has 106 valence electrons. The van der Waals surface area contributed by atoms with E-state index in [1.807, 2.05) is 0 Å². The van der Waals surface area contributed by atoms with E-state index in [0.29, 0.717) is 12.0 Å². The van der Waals surface area contributed by atoms with Crippen LogP contribution in [0.15, 0.2) is 24.3 Å². The summed E-state index contributed by atoms with van der Waals surface area (Å²) in [7, 11) is 0.